The van der Waals surface area contributed by atoms with Crippen LogP contribution in [0.15, 0.2) is 59.5 Å². The monoisotopic (exact) mass is 599 g/mol. The topological polar surface area (TPSA) is 93.1 Å². The summed E-state index contributed by atoms with van der Waals surface area (Å²) in [6.07, 6.45) is -0.141. The first-order valence-corrected chi connectivity index (χ1v) is 13.6. The zero-order valence-corrected chi connectivity index (χ0v) is 22.4. The molecule has 13 heteroatoms. The van der Waals surface area contributed by atoms with Gasteiger partial charge in [0.1, 0.15) is 17.7 Å². The normalized spacial score (nSPS) is 15.5. The number of rotatable bonds is 9. The fraction of sp³-hybridized carbons (Fsp3) is 0.222. The van der Waals surface area contributed by atoms with Gasteiger partial charge in [-0.15, -0.1) is 0 Å². The summed E-state index contributed by atoms with van der Waals surface area (Å²) in [7, 11) is -4.52. The van der Waals surface area contributed by atoms with Gasteiger partial charge in [-0.2, -0.15) is 8.78 Å². The third-order valence-corrected chi connectivity index (χ3v) is 8.10. The lowest BCUT2D eigenvalue weighted by molar-refractivity contribution is -0.137. The molecule has 0 fully saturated rings. The van der Waals surface area contributed by atoms with Crippen LogP contribution >= 0.6 is 11.6 Å². The number of alkyl halides is 2. The van der Waals surface area contributed by atoms with Crippen molar-refractivity contribution in [1.82, 2.24) is 0 Å². The first kappa shape index (κ1) is 29.2. The Labute approximate surface area is 232 Å². The minimum Gasteiger partial charge on any atom is -0.483 e. The average Bonchev–Trinajstić information content (AvgIpc) is 2.87. The van der Waals surface area contributed by atoms with E-state index in [-0.39, 0.29) is 34.7 Å². The van der Waals surface area contributed by atoms with E-state index in [9.17, 15) is 26.4 Å². The van der Waals surface area contributed by atoms with Gasteiger partial charge >= 0.3 is 12.6 Å². The summed E-state index contributed by atoms with van der Waals surface area (Å²) in [6, 6.07) is 10.9. The molecule has 0 radical (unpaired) electrons. The number of carboxylic acid groups (broad SMARTS) is 1. The standard InChI is InChI=1S/C27H22ClF4NO6S/c1-15(25-20(28)6-3-7-21(25)29)10-16-11-22(30)26-23(12-16)33(14-18(38-26)8-9-24(34)35)40(36,37)19-5-2-4-17(13-19)39-27(31)32/h2-7,10-13,18,27H,8-9,14H2,1H3,(H,34,35)/b15-10+/t18-/m0/s1. The fourth-order valence-electron chi connectivity index (χ4n) is 4.27. The molecular formula is C27H22ClF4NO6S. The van der Waals surface area contributed by atoms with Crippen LogP contribution in [0.5, 0.6) is 11.5 Å². The molecule has 40 heavy (non-hydrogen) atoms. The van der Waals surface area contributed by atoms with Crippen LogP contribution in [0.4, 0.5) is 23.2 Å². The molecular weight excluding hydrogens is 578 g/mol. The van der Waals surface area contributed by atoms with Crippen molar-refractivity contribution in [2.24, 2.45) is 0 Å². The molecule has 0 saturated carbocycles. The molecule has 3 aromatic carbocycles. The van der Waals surface area contributed by atoms with Gasteiger partial charge in [0.15, 0.2) is 11.6 Å². The van der Waals surface area contributed by atoms with Crippen molar-refractivity contribution in [3.05, 3.63) is 82.4 Å². The molecule has 3 aromatic rings. The van der Waals surface area contributed by atoms with Crippen LogP contribution in [0.1, 0.15) is 30.9 Å². The van der Waals surface area contributed by atoms with Crippen molar-refractivity contribution >= 4 is 44.9 Å². The van der Waals surface area contributed by atoms with E-state index in [2.05, 4.69) is 4.74 Å². The van der Waals surface area contributed by atoms with Crippen molar-refractivity contribution in [3.8, 4) is 11.5 Å². The highest BCUT2D eigenvalue weighted by Crippen LogP contribution is 2.42. The quantitative estimate of drug-likeness (QED) is 0.220. The van der Waals surface area contributed by atoms with Gasteiger partial charge in [-0.05, 0) is 60.9 Å². The number of sulfonamides is 1. The second-order valence-corrected chi connectivity index (χ2v) is 11.1. The molecule has 1 aliphatic rings. The maximum Gasteiger partial charge on any atom is 0.387 e. The summed E-state index contributed by atoms with van der Waals surface area (Å²) in [5, 5.41) is 9.19. The second-order valence-electron chi connectivity index (χ2n) is 8.84. The number of fused-ring (bicyclic) bond motifs is 1. The number of allylic oxidation sites excluding steroid dienone is 1. The smallest absolute Gasteiger partial charge is 0.387 e. The third-order valence-electron chi connectivity index (χ3n) is 6.01. The van der Waals surface area contributed by atoms with Gasteiger partial charge in [0, 0.05) is 18.1 Å². The molecule has 0 unspecified atom stereocenters. The van der Waals surface area contributed by atoms with E-state index in [1.807, 2.05) is 0 Å². The van der Waals surface area contributed by atoms with Crippen LogP contribution in [0.2, 0.25) is 5.02 Å². The summed E-state index contributed by atoms with van der Waals surface area (Å²) in [5.74, 6) is -3.58. The Balaban J connectivity index is 1.82. The van der Waals surface area contributed by atoms with E-state index >= 15 is 4.39 Å². The highest BCUT2D eigenvalue weighted by Gasteiger charge is 2.37. The number of carbonyl (C=O) groups is 1. The van der Waals surface area contributed by atoms with Crippen LogP contribution in [0, 0.1) is 11.6 Å². The number of halogens is 5. The lowest BCUT2D eigenvalue weighted by atomic mass is 10.0. The molecule has 7 nitrogen and oxygen atoms in total. The highest BCUT2D eigenvalue weighted by atomic mass is 35.5. The molecule has 1 atom stereocenters. The van der Waals surface area contributed by atoms with Crippen molar-refractivity contribution in [3.63, 3.8) is 0 Å². The molecule has 0 aliphatic carbocycles. The highest BCUT2D eigenvalue weighted by molar-refractivity contribution is 7.92. The summed E-state index contributed by atoms with van der Waals surface area (Å²) < 4.78 is 93.6. The minimum atomic E-state index is -4.52. The zero-order valence-electron chi connectivity index (χ0n) is 20.8. The zero-order chi connectivity index (χ0) is 29.2. The van der Waals surface area contributed by atoms with Crippen LogP contribution in [-0.4, -0.2) is 38.8 Å². The largest absolute Gasteiger partial charge is 0.483 e. The maximum absolute atomic E-state index is 15.4. The van der Waals surface area contributed by atoms with Crippen LogP contribution < -0.4 is 13.8 Å². The first-order chi connectivity index (χ1) is 18.9. The van der Waals surface area contributed by atoms with Crippen LogP contribution in [0.25, 0.3) is 11.6 Å². The van der Waals surface area contributed by atoms with Crippen LogP contribution in [0.3, 0.4) is 0 Å². The number of anilines is 1. The van der Waals surface area contributed by atoms with Gasteiger partial charge in [0.25, 0.3) is 10.0 Å². The van der Waals surface area contributed by atoms with Gasteiger partial charge < -0.3 is 14.6 Å². The molecule has 1 aliphatic heterocycles. The number of carboxylic acids is 1. The van der Waals surface area contributed by atoms with Crippen molar-refractivity contribution in [1.29, 1.82) is 0 Å². The lowest BCUT2D eigenvalue weighted by Gasteiger charge is -2.36. The summed E-state index contributed by atoms with van der Waals surface area (Å²) in [6.45, 7) is -2.05. The van der Waals surface area contributed by atoms with Gasteiger partial charge in [-0.3, -0.25) is 9.10 Å². The summed E-state index contributed by atoms with van der Waals surface area (Å²) in [5.41, 5.74) is 0.332. The Morgan fingerprint density at radius 3 is 2.58 bits per heavy atom. The van der Waals surface area contributed by atoms with Crippen molar-refractivity contribution in [2.45, 2.75) is 37.4 Å². The second kappa shape index (κ2) is 11.8. The number of ether oxygens (including phenoxy) is 2. The van der Waals surface area contributed by atoms with Crippen LogP contribution in [-0.2, 0) is 14.8 Å². The Hall–Kier alpha value is -3.77. The maximum atomic E-state index is 15.4. The van der Waals surface area contributed by atoms with E-state index in [4.69, 9.17) is 21.4 Å². The Morgan fingerprint density at radius 1 is 1.18 bits per heavy atom. The fourth-order valence-corrected chi connectivity index (χ4v) is 6.11. The van der Waals surface area contributed by atoms with E-state index in [1.165, 1.54) is 36.4 Å². The molecule has 4 rings (SSSR count). The van der Waals surface area contributed by atoms with Gasteiger partial charge in [-0.1, -0.05) is 29.8 Å². The van der Waals surface area contributed by atoms with E-state index < -0.39 is 63.3 Å². The average molecular weight is 600 g/mol. The number of nitrogens with zero attached hydrogens (tertiary/aromatic N) is 1. The molecule has 1 N–H and O–H groups in total. The number of hydrogen-bond acceptors (Lipinski definition) is 5. The Bertz CT molecular complexity index is 1560. The molecule has 0 spiro atoms. The molecule has 0 aromatic heterocycles. The van der Waals surface area contributed by atoms with Crippen molar-refractivity contribution < 1.29 is 45.4 Å². The van der Waals surface area contributed by atoms with E-state index in [0.29, 0.717) is 5.57 Å². The summed E-state index contributed by atoms with van der Waals surface area (Å²) >= 11 is 6.14. The Kier molecular flexibility index (Phi) is 8.59. The first-order valence-electron chi connectivity index (χ1n) is 11.8. The van der Waals surface area contributed by atoms with Gasteiger partial charge in [0.05, 0.1) is 22.2 Å². The molecule has 1 heterocycles. The predicted molar refractivity (Wildman–Crippen MR) is 140 cm³/mol. The SMILES string of the molecule is C/C(=C\c1cc(F)c2c(c1)N(S(=O)(=O)c1cccc(OC(F)F)c1)C[C@H](CCC(=O)O)O2)c1c(F)cccc1Cl. The number of benzene rings is 3. The third kappa shape index (κ3) is 6.34. The minimum absolute atomic E-state index is 0.0765. The number of aliphatic carboxylic acids is 1. The van der Waals surface area contributed by atoms with Gasteiger partial charge in [-0.25, -0.2) is 17.2 Å². The number of hydrogen-bond donors (Lipinski definition) is 1. The van der Waals surface area contributed by atoms with E-state index in [0.717, 1.165) is 28.6 Å². The van der Waals surface area contributed by atoms with Crippen molar-refractivity contribution in [2.75, 3.05) is 10.8 Å². The van der Waals surface area contributed by atoms with Gasteiger partial charge in [0.2, 0.25) is 0 Å². The molecule has 0 amide bonds. The molecule has 0 saturated heterocycles. The predicted octanol–water partition coefficient (Wildman–Crippen LogP) is 6.60. The van der Waals surface area contributed by atoms with E-state index in [1.54, 1.807) is 6.92 Å². The molecule has 212 valence electrons. The Morgan fingerprint density at radius 2 is 1.90 bits per heavy atom. The lowest BCUT2D eigenvalue weighted by Crippen LogP contribution is -2.44. The molecule has 0 bridgehead atoms. The summed E-state index contributed by atoms with van der Waals surface area (Å²) in [4.78, 5) is 10.7.